The van der Waals surface area contributed by atoms with Gasteiger partial charge >= 0.3 is 6.03 Å². The minimum Gasteiger partial charge on any atom is -0.439 e. The van der Waals surface area contributed by atoms with E-state index >= 15 is 0 Å². The average molecular weight is 437 g/mol. The third kappa shape index (κ3) is 4.52. The number of oxazole rings is 1. The summed E-state index contributed by atoms with van der Waals surface area (Å²) in [7, 11) is 1.60. The van der Waals surface area contributed by atoms with Crippen LogP contribution in [0.3, 0.4) is 0 Å². The number of carbonyl (C=O) groups is 1. The van der Waals surface area contributed by atoms with Gasteiger partial charge in [-0.1, -0.05) is 6.07 Å². The van der Waals surface area contributed by atoms with E-state index in [0.29, 0.717) is 43.0 Å². The second kappa shape index (κ2) is 8.02. The molecule has 1 saturated carbocycles. The van der Waals surface area contributed by atoms with E-state index in [1.807, 2.05) is 32.0 Å². The summed E-state index contributed by atoms with van der Waals surface area (Å²) in [6.07, 6.45) is 0.410. The smallest absolute Gasteiger partial charge is 0.318 e. The van der Waals surface area contributed by atoms with Crippen LogP contribution in [0.25, 0.3) is 11.1 Å². The number of nitrogens with one attached hydrogen (secondary N) is 1. The van der Waals surface area contributed by atoms with E-state index in [4.69, 9.17) is 14.9 Å². The number of methoxy groups -OCH3 is 1. The van der Waals surface area contributed by atoms with E-state index in [2.05, 4.69) is 10.3 Å². The first kappa shape index (κ1) is 22.0. The minimum atomic E-state index is -2.60. The van der Waals surface area contributed by atoms with Gasteiger partial charge in [0.05, 0.1) is 24.2 Å². The number of rotatable bonds is 6. The number of nitrogens with zero attached hydrogens (tertiary/aromatic N) is 2. The molecule has 1 saturated heterocycles. The van der Waals surface area contributed by atoms with Gasteiger partial charge in [-0.05, 0) is 50.3 Å². The number of halogens is 2. The third-order valence-electron chi connectivity index (χ3n) is 6.34. The van der Waals surface area contributed by atoms with Gasteiger partial charge in [0.2, 0.25) is 11.8 Å². The molecule has 7 nitrogen and oxygen atoms in total. The number of alkyl halides is 2. The molecular formula is C22H30F2N4O3. The second-order valence-electron chi connectivity index (χ2n) is 9.41. The molecule has 9 heteroatoms. The van der Waals surface area contributed by atoms with Crippen LogP contribution in [0.15, 0.2) is 22.6 Å². The van der Waals surface area contributed by atoms with Crippen molar-refractivity contribution in [3.63, 3.8) is 0 Å². The SMILES string of the molecule is COC[C@H](c1ccc2oc([C@@H](N)C3CCC(F)(F)CC3)nc2c1)N1CC(C)(C)NC1=O. The summed E-state index contributed by atoms with van der Waals surface area (Å²) in [5, 5.41) is 2.98. The van der Waals surface area contributed by atoms with E-state index in [1.165, 1.54) is 0 Å². The molecule has 1 aliphatic carbocycles. The highest BCUT2D eigenvalue weighted by molar-refractivity contribution is 5.79. The lowest BCUT2D eigenvalue weighted by molar-refractivity contribution is -0.0491. The van der Waals surface area contributed by atoms with Crippen molar-refractivity contribution in [2.75, 3.05) is 20.3 Å². The number of nitrogens with two attached hydrogens (primary N) is 1. The van der Waals surface area contributed by atoms with Gasteiger partial charge in [0.15, 0.2) is 5.58 Å². The van der Waals surface area contributed by atoms with Gasteiger partial charge in [-0.2, -0.15) is 0 Å². The zero-order chi connectivity index (χ0) is 22.4. The Balaban J connectivity index is 1.57. The molecule has 2 aromatic rings. The van der Waals surface area contributed by atoms with Gasteiger partial charge in [-0.25, -0.2) is 18.6 Å². The van der Waals surface area contributed by atoms with Crippen molar-refractivity contribution in [1.82, 2.24) is 15.2 Å². The molecule has 0 radical (unpaired) electrons. The molecule has 4 rings (SSSR count). The van der Waals surface area contributed by atoms with Crippen LogP contribution in [0.1, 0.15) is 63.1 Å². The maximum absolute atomic E-state index is 13.5. The summed E-state index contributed by atoms with van der Waals surface area (Å²) in [6, 6.07) is 4.66. The monoisotopic (exact) mass is 436 g/mol. The lowest BCUT2D eigenvalue weighted by Gasteiger charge is -2.30. The highest BCUT2D eigenvalue weighted by atomic mass is 19.3. The van der Waals surface area contributed by atoms with Crippen molar-refractivity contribution >= 4 is 17.1 Å². The Hall–Kier alpha value is -2.26. The molecule has 2 amide bonds. The topological polar surface area (TPSA) is 93.6 Å². The molecule has 0 bridgehead atoms. The summed E-state index contributed by atoms with van der Waals surface area (Å²) in [4.78, 5) is 18.8. The maximum Gasteiger partial charge on any atom is 0.318 e. The number of urea groups is 1. The Morgan fingerprint density at radius 2 is 2.06 bits per heavy atom. The van der Waals surface area contributed by atoms with Crippen LogP contribution in [0, 0.1) is 5.92 Å². The van der Waals surface area contributed by atoms with E-state index in [1.54, 1.807) is 12.0 Å². The molecule has 0 spiro atoms. The Kier molecular flexibility index (Phi) is 5.68. The van der Waals surface area contributed by atoms with E-state index in [-0.39, 0.29) is 36.4 Å². The largest absolute Gasteiger partial charge is 0.439 e. The van der Waals surface area contributed by atoms with Crippen molar-refractivity contribution < 1.29 is 22.7 Å². The molecule has 170 valence electrons. The van der Waals surface area contributed by atoms with Crippen LogP contribution in [0.4, 0.5) is 13.6 Å². The van der Waals surface area contributed by atoms with E-state index < -0.39 is 12.0 Å². The van der Waals surface area contributed by atoms with Crippen LogP contribution in [-0.4, -0.2) is 47.6 Å². The van der Waals surface area contributed by atoms with Crippen LogP contribution in [0.5, 0.6) is 0 Å². The highest BCUT2D eigenvalue weighted by Crippen LogP contribution is 2.41. The number of hydrogen-bond donors (Lipinski definition) is 2. The number of hydrogen-bond acceptors (Lipinski definition) is 5. The molecule has 2 atom stereocenters. The van der Waals surface area contributed by atoms with Crippen molar-refractivity contribution in [1.29, 1.82) is 0 Å². The number of carbonyl (C=O) groups excluding carboxylic acids is 1. The number of benzene rings is 1. The predicted octanol–water partition coefficient (Wildman–Crippen LogP) is 4.14. The Morgan fingerprint density at radius 3 is 2.68 bits per heavy atom. The molecule has 0 unspecified atom stereocenters. The second-order valence-corrected chi connectivity index (χ2v) is 9.41. The Bertz CT molecular complexity index is 951. The van der Waals surface area contributed by atoms with Gasteiger partial charge in [-0.3, -0.25) is 0 Å². The fraction of sp³-hybridized carbons (Fsp3) is 0.636. The first-order valence-electron chi connectivity index (χ1n) is 10.7. The normalized spacial score (nSPS) is 23.2. The molecule has 3 N–H and O–H groups in total. The summed E-state index contributed by atoms with van der Waals surface area (Å²) in [6.45, 7) is 4.85. The first-order chi connectivity index (χ1) is 14.6. The summed E-state index contributed by atoms with van der Waals surface area (Å²) >= 11 is 0. The Labute approximate surface area is 180 Å². The number of aromatic nitrogens is 1. The quantitative estimate of drug-likeness (QED) is 0.710. The molecule has 2 aliphatic rings. The molecule has 1 aromatic carbocycles. The van der Waals surface area contributed by atoms with Gasteiger partial charge in [0, 0.05) is 26.5 Å². The van der Waals surface area contributed by atoms with Gasteiger partial charge < -0.3 is 25.1 Å². The maximum atomic E-state index is 13.5. The summed E-state index contributed by atoms with van der Waals surface area (Å²) in [5.74, 6) is -2.31. The first-order valence-corrected chi connectivity index (χ1v) is 10.7. The predicted molar refractivity (Wildman–Crippen MR) is 112 cm³/mol. The summed E-state index contributed by atoms with van der Waals surface area (Å²) in [5.41, 5.74) is 8.10. The molecule has 2 fully saturated rings. The average Bonchev–Trinajstić information content (AvgIpc) is 3.24. The van der Waals surface area contributed by atoms with E-state index in [9.17, 15) is 13.6 Å². The highest BCUT2D eigenvalue weighted by Gasteiger charge is 2.40. The number of ether oxygens (including phenoxy) is 1. The molecule has 2 heterocycles. The Morgan fingerprint density at radius 1 is 1.35 bits per heavy atom. The molecule has 1 aliphatic heterocycles. The number of amides is 2. The zero-order valence-corrected chi connectivity index (χ0v) is 18.2. The van der Waals surface area contributed by atoms with Crippen molar-refractivity contribution in [3.8, 4) is 0 Å². The van der Waals surface area contributed by atoms with Gasteiger partial charge in [0.1, 0.15) is 5.52 Å². The van der Waals surface area contributed by atoms with Crippen molar-refractivity contribution in [2.45, 2.75) is 63.1 Å². The molecular weight excluding hydrogens is 406 g/mol. The van der Waals surface area contributed by atoms with Crippen LogP contribution >= 0.6 is 0 Å². The van der Waals surface area contributed by atoms with Crippen LogP contribution < -0.4 is 11.1 Å². The number of fused-ring (bicyclic) bond motifs is 1. The van der Waals surface area contributed by atoms with Crippen LogP contribution in [-0.2, 0) is 4.74 Å². The van der Waals surface area contributed by atoms with Crippen LogP contribution in [0.2, 0.25) is 0 Å². The lowest BCUT2D eigenvalue weighted by atomic mass is 9.82. The standard InChI is InChI=1S/C22H30F2N4O3/c1-21(2)12-28(20(29)27-21)16(11-30-3)14-4-5-17-15(10-14)26-19(31-17)18(25)13-6-8-22(23,24)9-7-13/h4-5,10,13,16,18H,6-9,11-12,25H2,1-3H3,(H,27,29)/t16-,18+/m1/s1. The zero-order valence-electron chi connectivity index (χ0n) is 18.2. The fourth-order valence-electron chi connectivity index (χ4n) is 4.61. The van der Waals surface area contributed by atoms with Gasteiger partial charge in [0.25, 0.3) is 0 Å². The van der Waals surface area contributed by atoms with Crippen molar-refractivity contribution in [3.05, 3.63) is 29.7 Å². The van der Waals surface area contributed by atoms with Crippen molar-refractivity contribution in [2.24, 2.45) is 11.7 Å². The minimum absolute atomic E-state index is 0.0797. The molecule has 31 heavy (non-hydrogen) atoms. The summed E-state index contributed by atoms with van der Waals surface area (Å²) < 4.78 is 38.2. The lowest BCUT2D eigenvalue weighted by Crippen LogP contribution is -2.36. The van der Waals surface area contributed by atoms with Gasteiger partial charge in [-0.15, -0.1) is 0 Å². The third-order valence-corrected chi connectivity index (χ3v) is 6.34. The van der Waals surface area contributed by atoms with E-state index in [0.717, 1.165) is 5.56 Å². The molecule has 1 aromatic heterocycles. The fourth-order valence-corrected chi connectivity index (χ4v) is 4.61.